The second-order valence-electron chi connectivity index (χ2n) is 3.58. The first-order valence-electron chi connectivity index (χ1n) is 5.42. The van der Waals surface area contributed by atoms with E-state index in [1.807, 2.05) is 18.2 Å². The fraction of sp³-hybridized carbons (Fsp3) is 0.364. The SMILES string of the molecule is N#CCCCn1nnnc1Cc1ccccn1. The van der Waals surface area contributed by atoms with Gasteiger partial charge in [0.1, 0.15) is 0 Å². The van der Waals surface area contributed by atoms with E-state index in [0.29, 0.717) is 19.4 Å². The van der Waals surface area contributed by atoms with Crippen LogP contribution in [-0.4, -0.2) is 25.2 Å². The van der Waals surface area contributed by atoms with Gasteiger partial charge >= 0.3 is 0 Å². The Hall–Kier alpha value is -2.29. The van der Waals surface area contributed by atoms with Crippen molar-refractivity contribution in [2.75, 3.05) is 0 Å². The Kier molecular flexibility index (Phi) is 3.76. The molecule has 0 bridgehead atoms. The van der Waals surface area contributed by atoms with Crippen LogP contribution in [0.4, 0.5) is 0 Å². The van der Waals surface area contributed by atoms with E-state index in [-0.39, 0.29) is 0 Å². The van der Waals surface area contributed by atoms with Crippen molar-refractivity contribution >= 4 is 0 Å². The Morgan fingerprint density at radius 2 is 2.29 bits per heavy atom. The molecule has 0 N–H and O–H groups in total. The maximum Gasteiger partial charge on any atom is 0.157 e. The van der Waals surface area contributed by atoms with Crippen molar-refractivity contribution in [2.45, 2.75) is 25.8 Å². The molecule has 0 aromatic carbocycles. The third kappa shape index (κ3) is 3.08. The zero-order valence-electron chi connectivity index (χ0n) is 9.32. The average Bonchev–Trinajstić information content (AvgIpc) is 2.79. The van der Waals surface area contributed by atoms with E-state index in [1.54, 1.807) is 10.9 Å². The average molecular weight is 228 g/mol. The summed E-state index contributed by atoms with van der Waals surface area (Å²) in [5.41, 5.74) is 0.934. The molecule has 0 saturated heterocycles. The predicted octanol–water partition coefficient (Wildman–Crippen LogP) is 0.963. The lowest BCUT2D eigenvalue weighted by atomic mass is 10.2. The van der Waals surface area contributed by atoms with Gasteiger partial charge in [-0.05, 0) is 29.0 Å². The van der Waals surface area contributed by atoms with Crippen molar-refractivity contribution in [1.29, 1.82) is 5.26 Å². The fourth-order valence-electron chi connectivity index (χ4n) is 1.50. The molecular weight excluding hydrogens is 216 g/mol. The molecule has 17 heavy (non-hydrogen) atoms. The zero-order valence-corrected chi connectivity index (χ0v) is 9.32. The molecule has 2 heterocycles. The number of pyridine rings is 1. The second-order valence-corrected chi connectivity index (χ2v) is 3.58. The van der Waals surface area contributed by atoms with Gasteiger partial charge in [0.05, 0.1) is 12.5 Å². The molecule has 0 spiro atoms. The lowest BCUT2D eigenvalue weighted by Crippen LogP contribution is -2.07. The highest BCUT2D eigenvalue weighted by atomic mass is 15.5. The topological polar surface area (TPSA) is 80.3 Å². The van der Waals surface area contributed by atoms with Crippen LogP contribution in [0.15, 0.2) is 24.4 Å². The van der Waals surface area contributed by atoms with Crippen LogP contribution in [0.3, 0.4) is 0 Å². The van der Waals surface area contributed by atoms with Gasteiger partial charge in [-0.2, -0.15) is 5.26 Å². The molecule has 2 aromatic rings. The van der Waals surface area contributed by atoms with Crippen molar-refractivity contribution < 1.29 is 0 Å². The Labute approximate surface area is 98.9 Å². The number of hydrogen-bond donors (Lipinski definition) is 0. The van der Waals surface area contributed by atoms with E-state index in [1.165, 1.54) is 0 Å². The fourth-order valence-corrected chi connectivity index (χ4v) is 1.50. The molecule has 2 aromatic heterocycles. The van der Waals surface area contributed by atoms with Crippen LogP contribution in [0.25, 0.3) is 0 Å². The molecule has 6 nitrogen and oxygen atoms in total. The number of tetrazole rings is 1. The number of nitriles is 1. The second kappa shape index (κ2) is 5.70. The molecule has 6 heteroatoms. The quantitative estimate of drug-likeness (QED) is 0.712. The summed E-state index contributed by atoms with van der Waals surface area (Å²) in [7, 11) is 0. The molecule has 0 saturated carbocycles. The molecule has 0 aliphatic heterocycles. The van der Waals surface area contributed by atoms with Crippen molar-refractivity contribution in [3.63, 3.8) is 0 Å². The third-order valence-corrected chi connectivity index (χ3v) is 2.33. The first-order chi connectivity index (χ1) is 8.40. The van der Waals surface area contributed by atoms with Crippen LogP contribution in [0.5, 0.6) is 0 Å². The number of unbranched alkanes of at least 4 members (excludes halogenated alkanes) is 1. The molecule has 0 amide bonds. The summed E-state index contributed by atoms with van der Waals surface area (Å²) in [6.45, 7) is 0.669. The van der Waals surface area contributed by atoms with E-state index in [9.17, 15) is 0 Å². The monoisotopic (exact) mass is 228 g/mol. The van der Waals surface area contributed by atoms with Crippen LogP contribution in [0.1, 0.15) is 24.4 Å². The van der Waals surface area contributed by atoms with Crippen LogP contribution in [0, 0.1) is 11.3 Å². The van der Waals surface area contributed by atoms with Crippen LogP contribution in [0.2, 0.25) is 0 Å². The number of rotatable bonds is 5. The van der Waals surface area contributed by atoms with E-state index < -0.39 is 0 Å². The number of hydrogen-bond acceptors (Lipinski definition) is 5. The summed E-state index contributed by atoms with van der Waals surface area (Å²) >= 11 is 0. The summed E-state index contributed by atoms with van der Waals surface area (Å²) < 4.78 is 1.73. The van der Waals surface area contributed by atoms with Gasteiger partial charge in [0.25, 0.3) is 0 Å². The van der Waals surface area contributed by atoms with Gasteiger partial charge < -0.3 is 0 Å². The molecule has 0 unspecified atom stereocenters. The number of aryl methyl sites for hydroxylation is 1. The molecule has 2 rings (SSSR count). The van der Waals surface area contributed by atoms with Gasteiger partial charge in [-0.25, -0.2) is 4.68 Å². The van der Waals surface area contributed by atoms with E-state index in [2.05, 4.69) is 26.6 Å². The zero-order chi connectivity index (χ0) is 11.9. The predicted molar refractivity (Wildman–Crippen MR) is 59.7 cm³/mol. The number of aromatic nitrogens is 5. The van der Waals surface area contributed by atoms with E-state index in [4.69, 9.17) is 5.26 Å². The summed E-state index contributed by atoms with van der Waals surface area (Å²) in [6, 6.07) is 7.85. The van der Waals surface area contributed by atoms with Gasteiger partial charge in [-0.15, -0.1) is 5.10 Å². The van der Waals surface area contributed by atoms with Crippen molar-refractivity contribution in [1.82, 2.24) is 25.2 Å². The molecule has 0 aliphatic carbocycles. The van der Waals surface area contributed by atoms with Crippen molar-refractivity contribution in [3.05, 3.63) is 35.9 Å². The third-order valence-electron chi connectivity index (χ3n) is 2.33. The highest BCUT2D eigenvalue weighted by Crippen LogP contribution is 2.03. The van der Waals surface area contributed by atoms with Crippen molar-refractivity contribution in [2.24, 2.45) is 0 Å². The van der Waals surface area contributed by atoms with Crippen molar-refractivity contribution in [3.8, 4) is 6.07 Å². The highest BCUT2D eigenvalue weighted by Gasteiger charge is 2.07. The molecule has 0 atom stereocenters. The maximum atomic E-state index is 8.48. The summed E-state index contributed by atoms with van der Waals surface area (Å²) in [5, 5.41) is 20.0. The molecule has 0 fully saturated rings. The minimum Gasteiger partial charge on any atom is -0.261 e. The van der Waals surface area contributed by atoms with Gasteiger partial charge in [-0.1, -0.05) is 6.07 Å². The Balaban J connectivity index is 2.02. The Morgan fingerprint density at radius 1 is 1.35 bits per heavy atom. The molecular formula is C11H12N6. The highest BCUT2D eigenvalue weighted by molar-refractivity contribution is 5.08. The Morgan fingerprint density at radius 3 is 3.06 bits per heavy atom. The van der Waals surface area contributed by atoms with Gasteiger partial charge in [0, 0.05) is 24.9 Å². The maximum absolute atomic E-state index is 8.48. The first-order valence-corrected chi connectivity index (χ1v) is 5.42. The molecule has 86 valence electrons. The summed E-state index contributed by atoms with van der Waals surface area (Å²) in [4.78, 5) is 4.23. The Bertz CT molecular complexity index is 498. The van der Waals surface area contributed by atoms with Gasteiger partial charge in [-0.3, -0.25) is 4.98 Å². The minimum atomic E-state index is 0.517. The molecule has 0 aliphatic rings. The minimum absolute atomic E-state index is 0.517. The van der Waals surface area contributed by atoms with E-state index in [0.717, 1.165) is 17.9 Å². The normalized spacial score (nSPS) is 10.1. The lowest BCUT2D eigenvalue weighted by Gasteiger charge is -2.02. The van der Waals surface area contributed by atoms with Gasteiger partial charge in [0.2, 0.25) is 0 Å². The van der Waals surface area contributed by atoms with E-state index >= 15 is 0 Å². The number of nitrogens with zero attached hydrogens (tertiary/aromatic N) is 6. The standard InChI is InChI=1S/C11H12N6/c12-6-2-4-8-17-11(14-15-16-17)9-10-5-1-3-7-13-10/h1,3,5,7H,2,4,8-9H2. The van der Waals surface area contributed by atoms with Crippen LogP contribution < -0.4 is 0 Å². The smallest absolute Gasteiger partial charge is 0.157 e. The first kappa shape index (κ1) is 11.2. The van der Waals surface area contributed by atoms with Gasteiger partial charge in [0.15, 0.2) is 5.82 Å². The van der Waals surface area contributed by atoms with Crippen LogP contribution in [-0.2, 0) is 13.0 Å². The largest absolute Gasteiger partial charge is 0.261 e. The molecule has 0 radical (unpaired) electrons. The van der Waals surface area contributed by atoms with Crippen LogP contribution >= 0.6 is 0 Å². The summed E-state index contributed by atoms with van der Waals surface area (Å²) in [5.74, 6) is 0.779. The summed E-state index contributed by atoms with van der Waals surface area (Å²) in [6.07, 6.45) is 3.64. The lowest BCUT2D eigenvalue weighted by molar-refractivity contribution is 0.546.